The average Bonchev–Trinajstić information content (AvgIpc) is 2.21. The molecule has 0 unspecified atom stereocenters. The molecule has 0 atom stereocenters. The third-order valence-corrected chi connectivity index (χ3v) is 2.04. The maximum Gasteiger partial charge on any atom is 2.00 e. The molecule has 0 fully saturated rings. The van der Waals surface area contributed by atoms with Crippen molar-refractivity contribution in [3.8, 4) is 0 Å². The molecule has 0 aliphatic carbocycles. The Balaban J connectivity index is -0.000000218. The first-order valence-corrected chi connectivity index (χ1v) is 5.36. The van der Waals surface area contributed by atoms with Gasteiger partial charge in [-0.3, -0.25) is 0 Å². The van der Waals surface area contributed by atoms with Crippen LogP contribution in [0.1, 0.15) is 27.7 Å². The molecule has 0 radical (unpaired) electrons. The first-order chi connectivity index (χ1) is 7.44. The Kier molecular flexibility index (Phi) is 16.5. The summed E-state index contributed by atoms with van der Waals surface area (Å²) < 4.78 is 0. The largest absolute Gasteiger partial charge is 2.00 e. The SMILES string of the molecule is CCN(CC)C(=O)[O-].CCN(CC)C(=O)[O-].[Cr+2]. The minimum atomic E-state index is -1.09. The van der Waals surface area contributed by atoms with Crippen molar-refractivity contribution in [3.63, 3.8) is 0 Å². The number of carbonyl (C=O) groups excluding carboxylic acids is 2. The molecular formula is C10H20CrN2O4. The van der Waals surface area contributed by atoms with Crippen molar-refractivity contribution < 1.29 is 37.2 Å². The predicted octanol–water partition coefficient (Wildman–Crippen LogP) is -0.659. The van der Waals surface area contributed by atoms with Gasteiger partial charge in [0.1, 0.15) is 12.2 Å². The third-order valence-electron chi connectivity index (χ3n) is 2.04. The van der Waals surface area contributed by atoms with Gasteiger partial charge in [0.15, 0.2) is 0 Å². The predicted molar refractivity (Wildman–Crippen MR) is 56.6 cm³/mol. The molecule has 2 amide bonds. The van der Waals surface area contributed by atoms with Gasteiger partial charge in [-0.2, -0.15) is 0 Å². The fourth-order valence-corrected chi connectivity index (χ4v) is 0.964. The summed E-state index contributed by atoms with van der Waals surface area (Å²) in [5, 5.41) is 20.0. The summed E-state index contributed by atoms with van der Waals surface area (Å²) in [5.41, 5.74) is 0. The van der Waals surface area contributed by atoms with E-state index >= 15 is 0 Å². The molecular weight excluding hydrogens is 264 g/mol. The Hall–Kier alpha value is -0.928. The number of carboxylic acid groups (broad SMARTS) is 2. The van der Waals surface area contributed by atoms with Crippen LogP contribution in [0, 0.1) is 0 Å². The maximum atomic E-state index is 9.98. The van der Waals surface area contributed by atoms with Crippen molar-refractivity contribution >= 4 is 12.2 Å². The van der Waals surface area contributed by atoms with E-state index in [0.717, 1.165) is 0 Å². The monoisotopic (exact) mass is 284 g/mol. The van der Waals surface area contributed by atoms with Crippen LogP contribution in [-0.2, 0) is 17.4 Å². The second-order valence-corrected chi connectivity index (χ2v) is 2.88. The number of hydrogen-bond acceptors (Lipinski definition) is 4. The second-order valence-electron chi connectivity index (χ2n) is 2.88. The topological polar surface area (TPSA) is 86.7 Å². The normalized spacial score (nSPS) is 8.24. The van der Waals surface area contributed by atoms with Crippen LogP contribution >= 0.6 is 0 Å². The van der Waals surface area contributed by atoms with Gasteiger partial charge in [-0.1, -0.05) is 0 Å². The van der Waals surface area contributed by atoms with E-state index in [1.807, 2.05) is 0 Å². The van der Waals surface area contributed by atoms with E-state index in [1.54, 1.807) is 27.7 Å². The first kappa shape index (κ1) is 21.4. The van der Waals surface area contributed by atoms with Crippen molar-refractivity contribution in [1.29, 1.82) is 0 Å². The minimum absolute atomic E-state index is 0. The number of rotatable bonds is 4. The summed E-state index contributed by atoms with van der Waals surface area (Å²) in [6.45, 7) is 9.16. The minimum Gasteiger partial charge on any atom is -0.530 e. The van der Waals surface area contributed by atoms with Crippen LogP contribution in [0.5, 0.6) is 0 Å². The number of nitrogens with zero attached hydrogens (tertiary/aromatic N) is 2. The van der Waals surface area contributed by atoms with Crippen LogP contribution in [-0.4, -0.2) is 48.2 Å². The average molecular weight is 284 g/mol. The van der Waals surface area contributed by atoms with Crippen LogP contribution in [0.15, 0.2) is 0 Å². The van der Waals surface area contributed by atoms with Gasteiger partial charge in [-0.25, -0.2) is 0 Å². The van der Waals surface area contributed by atoms with Crippen molar-refractivity contribution in [1.82, 2.24) is 9.80 Å². The van der Waals surface area contributed by atoms with Gasteiger partial charge in [0, 0.05) is 26.2 Å². The molecule has 0 bridgehead atoms. The van der Waals surface area contributed by atoms with Gasteiger partial charge in [0.25, 0.3) is 0 Å². The van der Waals surface area contributed by atoms with Gasteiger partial charge in [-0.05, 0) is 27.7 Å². The Morgan fingerprint density at radius 3 is 0.941 bits per heavy atom. The second kappa shape index (κ2) is 13.1. The zero-order chi connectivity index (χ0) is 13.1. The third kappa shape index (κ3) is 11.3. The molecule has 0 aromatic carbocycles. The van der Waals surface area contributed by atoms with Gasteiger partial charge < -0.3 is 29.6 Å². The summed E-state index contributed by atoms with van der Waals surface area (Å²) in [4.78, 5) is 22.4. The molecule has 0 N–H and O–H groups in total. The molecule has 7 heteroatoms. The molecule has 0 saturated carbocycles. The molecule has 0 spiro atoms. The van der Waals surface area contributed by atoms with Crippen molar-refractivity contribution in [3.05, 3.63) is 0 Å². The van der Waals surface area contributed by atoms with Crippen LogP contribution in [0.3, 0.4) is 0 Å². The molecule has 0 heterocycles. The van der Waals surface area contributed by atoms with E-state index in [9.17, 15) is 19.8 Å². The molecule has 0 aliphatic heterocycles. The fourth-order valence-electron chi connectivity index (χ4n) is 0.964. The van der Waals surface area contributed by atoms with Crippen LogP contribution < -0.4 is 10.2 Å². The Morgan fingerprint density at radius 1 is 0.765 bits per heavy atom. The van der Waals surface area contributed by atoms with Crippen LogP contribution in [0.25, 0.3) is 0 Å². The van der Waals surface area contributed by atoms with Gasteiger partial charge in [-0.15, -0.1) is 0 Å². The maximum absolute atomic E-state index is 9.98. The van der Waals surface area contributed by atoms with E-state index < -0.39 is 12.2 Å². The summed E-state index contributed by atoms with van der Waals surface area (Å²) in [6.07, 6.45) is -2.18. The van der Waals surface area contributed by atoms with Crippen molar-refractivity contribution in [2.24, 2.45) is 0 Å². The molecule has 0 aromatic rings. The standard InChI is InChI=1S/2C5H11NO2.Cr/c2*1-3-6(4-2)5(7)8;/h2*3-4H2,1-2H3,(H,7,8);/q;;+2/p-2. The number of hydrogen-bond donors (Lipinski definition) is 0. The first-order valence-electron chi connectivity index (χ1n) is 5.36. The van der Waals surface area contributed by atoms with Crippen LogP contribution in [0.2, 0.25) is 0 Å². The van der Waals surface area contributed by atoms with E-state index in [4.69, 9.17) is 0 Å². The molecule has 0 rings (SSSR count). The van der Waals surface area contributed by atoms with Crippen LogP contribution in [0.4, 0.5) is 9.59 Å². The summed E-state index contributed by atoms with van der Waals surface area (Å²) in [5.74, 6) is 0. The zero-order valence-corrected chi connectivity index (χ0v) is 12.0. The Labute approximate surface area is 113 Å². The zero-order valence-electron chi connectivity index (χ0n) is 10.8. The summed E-state index contributed by atoms with van der Waals surface area (Å²) in [7, 11) is 0. The van der Waals surface area contributed by atoms with E-state index in [1.165, 1.54) is 9.80 Å². The fraction of sp³-hybridized carbons (Fsp3) is 0.800. The van der Waals surface area contributed by atoms with E-state index in [0.29, 0.717) is 26.2 Å². The molecule has 0 saturated heterocycles. The smallest absolute Gasteiger partial charge is 0.530 e. The van der Waals surface area contributed by atoms with Gasteiger partial charge in [0.2, 0.25) is 0 Å². The molecule has 0 aromatic heterocycles. The molecule has 0 aliphatic rings. The van der Waals surface area contributed by atoms with Gasteiger partial charge >= 0.3 is 17.4 Å². The Bertz CT molecular complexity index is 184. The molecule has 17 heavy (non-hydrogen) atoms. The van der Waals surface area contributed by atoms with E-state index in [2.05, 4.69) is 0 Å². The number of amides is 2. The summed E-state index contributed by atoms with van der Waals surface area (Å²) in [6, 6.07) is 0. The van der Waals surface area contributed by atoms with Gasteiger partial charge in [0.05, 0.1) is 0 Å². The Morgan fingerprint density at radius 2 is 0.941 bits per heavy atom. The molecule has 6 nitrogen and oxygen atoms in total. The molecule has 100 valence electrons. The quantitative estimate of drug-likeness (QED) is 0.686. The number of carbonyl (C=O) groups is 2. The summed E-state index contributed by atoms with van der Waals surface area (Å²) >= 11 is 0. The van der Waals surface area contributed by atoms with Crippen molar-refractivity contribution in [2.45, 2.75) is 27.7 Å². The van der Waals surface area contributed by atoms with Crippen molar-refractivity contribution in [2.75, 3.05) is 26.2 Å². The van der Waals surface area contributed by atoms with E-state index in [-0.39, 0.29) is 17.4 Å².